The van der Waals surface area contributed by atoms with E-state index < -0.39 is 0 Å². The van der Waals surface area contributed by atoms with E-state index in [4.69, 9.17) is 0 Å². The summed E-state index contributed by atoms with van der Waals surface area (Å²) in [5, 5.41) is 1.95. The highest BCUT2D eigenvalue weighted by Crippen LogP contribution is 2.12. The van der Waals surface area contributed by atoms with Crippen LogP contribution in [0.1, 0.15) is 23.0 Å². The second kappa shape index (κ2) is 6.66. The highest BCUT2D eigenvalue weighted by atomic mass is 32.1. The topological polar surface area (TPSA) is 23.6 Å². The zero-order valence-electron chi connectivity index (χ0n) is 10.3. The molecule has 0 radical (unpaired) electrons. The van der Waals surface area contributed by atoms with Gasteiger partial charge in [-0.25, -0.2) is 0 Å². The van der Waals surface area contributed by atoms with Crippen LogP contribution in [0.2, 0.25) is 0 Å². The van der Waals surface area contributed by atoms with Crippen molar-refractivity contribution in [3.8, 4) is 0 Å². The van der Waals surface area contributed by atoms with Crippen molar-refractivity contribution >= 4 is 17.2 Å². The second-order valence-corrected chi connectivity index (χ2v) is 4.97. The Morgan fingerprint density at radius 1 is 1.38 bits per heavy atom. The van der Waals surface area contributed by atoms with E-state index in [1.165, 1.54) is 11.3 Å². The minimum absolute atomic E-state index is 0.163. The Kier molecular flexibility index (Phi) is 5.49. The molecule has 16 heavy (non-hydrogen) atoms. The van der Waals surface area contributed by atoms with E-state index in [2.05, 4.69) is 19.0 Å². The van der Waals surface area contributed by atoms with Crippen molar-refractivity contribution in [2.75, 3.05) is 33.7 Å². The van der Waals surface area contributed by atoms with Crippen molar-refractivity contribution in [2.45, 2.75) is 13.3 Å². The van der Waals surface area contributed by atoms with E-state index in [1.807, 2.05) is 29.3 Å². The van der Waals surface area contributed by atoms with Crippen LogP contribution in [0.15, 0.2) is 17.5 Å². The van der Waals surface area contributed by atoms with Crippen LogP contribution < -0.4 is 0 Å². The molecule has 0 aliphatic heterocycles. The quantitative estimate of drug-likeness (QED) is 0.761. The molecule has 0 aliphatic rings. The number of carbonyl (C=O) groups excluding carboxylic acids is 1. The van der Waals surface area contributed by atoms with Gasteiger partial charge in [-0.3, -0.25) is 4.79 Å². The van der Waals surface area contributed by atoms with Crippen LogP contribution in [0, 0.1) is 0 Å². The molecule has 0 saturated carbocycles. The van der Waals surface area contributed by atoms with Crippen LogP contribution >= 0.6 is 11.3 Å². The molecule has 1 heterocycles. The Morgan fingerprint density at radius 2 is 2.12 bits per heavy atom. The maximum Gasteiger partial charge on any atom is 0.263 e. The normalized spacial score (nSPS) is 10.8. The molecule has 1 aromatic rings. The first-order valence-electron chi connectivity index (χ1n) is 5.62. The lowest BCUT2D eigenvalue weighted by atomic mass is 10.3. The van der Waals surface area contributed by atoms with Crippen molar-refractivity contribution in [1.82, 2.24) is 9.80 Å². The Morgan fingerprint density at radius 3 is 2.62 bits per heavy atom. The van der Waals surface area contributed by atoms with Gasteiger partial charge in [0, 0.05) is 13.1 Å². The molecule has 0 spiro atoms. The summed E-state index contributed by atoms with van der Waals surface area (Å²) in [5.41, 5.74) is 0. The van der Waals surface area contributed by atoms with Crippen LogP contribution in [-0.2, 0) is 0 Å². The molecule has 3 nitrogen and oxygen atoms in total. The minimum Gasteiger partial charge on any atom is -0.338 e. The third-order valence-corrected chi connectivity index (χ3v) is 3.29. The summed E-state index contributed by atoms with van der Waals surface area (Å²) in [7, 11) is 4.11. The summed E-state index contributed by atoms with van der Waals surface area (Å²) in [6, 6.07) is 3.81. The highest BCUT2D eigenvalue weighted by molar-refractivity contribution is 7.12. The number of carbonyl (C=O) groups is 1. The van der Waals surface area contributed by atoms with E-state index in [-0.39, 0.29) is 5.91 Å². The summed E-state index contributed by atoms with van der Waals surface area (Å²) in [6.07, 6.45) is 1.03. The van der Waals surface area contributed by atoms with Gasteiger partial charge >= 0.3 is 0 Å². The first kappa shape index (κ1) is 13.2. The van der Waals surface area contributed by atoms with Crippen molar-refractivity contribution < 1.29 is 4.79 Å². The van der Waals surface area contributed by atoms with Gasteiger partial charge in [-0.1, -0.05) is 6.07 Å². The third kappa shape index (κ3) is 3.94. The zero-order chi connectivity index (χ0) is 12.0. The van der Waals surface area contributed by atoms with Gasteiger partial charge in [0.25, 0.3) is 5.91 Å². The monoisotopic (exact) mass is 240 g/mol. The van der Waals surface area contributed by atoms with Gasteiger partial charge in [-0.05, 0) is 45.4 Å². The molecular weight excluding hydrogens is 220 g/mol. The van der Waals surface area contributed by atoms with E-state index in [1.54, 1.807) is 0 Å². The molecule has 0 bridgehead atoms. The summed E-state index contributed by atoms with van der Waals surface area (Å²) in [6.45, 7) is 4.67. The molecule has 0 N–H and O–H groups in total. The summed E-state index contributed by atoms with van der Waals surface area (Å²) in [4.78, 5) is 16.9. The molecule has 0 aliphatic carbocycles. The van der Waals surface area contributed by atoms with Gasteiger partial charge in [0.15, 0.2) is 0 Å². The number of rotatable bonds is 6. The SMILES string of the molecule is CCN(CCCN(C)C)C(=O)c1cccs1. The predicted molar refractivity (Wildman–Crippen MR) is 69.1 cm³/mol. The van der Waals surface area contributed by atoms with Crippen molar-refractivity contribution in [3.63, 3.8) is 0 Å². The fourth-order valence-electron chi connectivity index (χ4n) is 1.54. The van der Waals surface area contributed by atoms with Gasteiger partial charge in [-0.15, -0.1) is 11.3 Å². The summed E-state index contributed by atoms with van der Waals surface area (Å²) >= 11 is 1.51. The van der Waals surface area contributed by atoms with Gasteiger partial charge in [-0.2, -0.15) is 0 Å². The van der Waals surface area contributed by atoms with Gasteiger partial charge in [0.05, 0.1) is 4.88 Å². The lowest BCUT2D eigenvalue weighted by Gasteiger charge is -2.21. The number of hydrogen-bond donors (Lipinski definition) is 0. The first-order valence-corrected chi connectivity index (χ1v) is 6.50. The lowest BCUT2D eigenvalue weighted by molar-refractivity contribution is 0.0764. The van der Waals surface area contributed by atoms with Crippen LogP contribution in [0.25, 0.3) is 0 Å². The molecule has 4 heteroatoms. The van der Waals surface area contributed by atoms with Gasteiger partial charge in [0.2, 0.25) is 0 Å². The third-order valence-electron chi connectivity index (χ3n) is 2.43. The van der Waals surface area contributed by atoms with Crippen LogP contribution in [0.4, 0.5) is 0 Å². The Hall–Kier alpha value is -0.870. The first-order chi connectivity index (χ1) is 7.65. The van der Waals surface area contributed by atoms with Crippen LogP contribution in [0.3, 0.4) is 0 Å². The van der Waals surface area contributed by atoms with Crippen molar-refractivity contribution in [3.05, 3.63) is 22.4 Å². The number of hydrogen-bond acceptors (Lipinski definition) is 3. The Bertz CT molecular complexity index is 309. The smallest absolute Gasteiger partial charge is 0.263 e. The van der Waals surface area contributed by atoms with E-state index in [0.717, 1.165) is 30.9 Å². The fraction of sp³-hybridized carbons (Fsp3) is 0.583. The van der Waals surface area contributed by atoms with E-state index >= 15 is 0 Å². The fourth-order valence-corrected chi connectivity index (χ4v) is 2.23. The van der Waals surface area contributed by atoms with Crippen LogP contribution in [0.5, 0.6) is 0 Å². The highest BCUT2D eigenvalue weighted by Gasteiger charge is 2.14. The van der Waals surface area contributed by atoms with Crippen molar-refractivity contribution in [2.24, 2.45) is 0 Å². The van der Waals surface area contributed by atoms with Gasteiger partial charge in [0.1, 0.15) is 0 Å². The molecule has 0 fully saturated rings. The average Bonchev–Trinajstić information content (AvgIpc) is 2.76. The molecule has 1 rings (SSSR count). The maximum atomic E-state index is 12.0. The number of nitrogens with zero attached hydrogens (tertiary/aromatic N) is 2. The predicted octanol–water partition coefficient (Wildman–Crippen LogP) is 2.16. The van der Waals surface area contributed by atoms with E-state index in [0.29, 0.717) is 0 Å². The summed E-state index contributed by atoms with van der Waals surface area (Å²) < 4.78 is 0. The average molecular weight is 240 g/mol. The minimum atomic E-state index is 0.163. The summed E-state index contributed by atoms with van der Waals surface area (Å²) in [5.74, 6) is 0.163. The zero-order valence-corrected chi connectivity index (χ0v) is 11.1. The molecule has 1 aromatic heterocycles. The van der Waals surface area contributed by atoms with E-state index in [9.17, 15) is 4.79 Å². The second-order valence-electron chi connectivity index (χ2n) is 4.02. The molecule has 1 amide bonds. The van der Waals surface area contributed by atoms with Gasteiger partial charge < -0.3 is 9.80 Å². The molecule has 0 saturated heterocycles. The lowest BCUT2D eigenvalue weighted by Crippen LogP contribution is -2.32. The molecule has 0 aromatic carbocycles. The Balaban J connectivity index is 2.45. The Labute approximate surface area is 102 Å². The van der Waals surface area contributed by atoms with Crippen LogP contribution in [-0.4, -0.2) is 49.4 Å². The maximum absolute atomic E-state index is 12.0. The standard InChI is InChI=1S/C12H20N2OS/c1-4-14(9-6-8-13(2)3)12(15)11-7-5-10-16-11/h5,7,10H,4,6,8-9H2,1-3H3. The van der Waals surface area contributed by atoms with Crippen molar-refractivity contribution in [1.29, 1.82) is 0 Å². The molecular formula is C12H20N2OS. The molecule has 0 unspecified atom stereocenters. The molecule has 0 atom stereocenters. The number of amides is 1. The number of thiophene rings is 1. The molecule has 90 valence electrons. The largest absolute Gasteiger partial charge is 0.338 e.